The molecule has 0 aliphatic rings. The summed E-state index contributed by atoms with van der Waals surface area (Å²) in [4.78, 5) is 21.6. The molecule has 0 saturated carbocycles. The summed E-state index contributed by atoms with van der Waals surface area (Å²) in [5.74, 6) is 0. The molecule has 0 atom stereocenters. The first kappa shape index (κ1) is 28.3. The Hall–Kier alpha value is 0.0700. The molecular formula is C20H47NO4P+. The van der Waals surface area contributed by atoms with Crippen molar-refractivity contribution in [1.82, 2.24) is 0 Å². The molecule has 3 N–H and O–H groups in total. The van der Waals surface area contributed by atoms with Crippen molar-refractivity contribution >= 4 is 7.82 Å². The maximum atomic E-state index is 8.88. The molecule has 0 aliphatic carbocycles. The lowest BCUT2D eigenvalue weighted by atomic mass is 10.1. The largest absolute Gasteiger partial charge is 0.466 e. The molecule has 0 fully saturated rings. The van der Waals surface area contributed by atoms with Crippen molar-refractivity contribution in [2.75, 3.05) is 27.2 Å². The summed E-state index contributed by atoms with van der Waals surface area (Å²) in [6.45, 7) is 7.35. The third kappa shape index (κ3) is 31.8. The molecule has 0 aromatic rings. The van der Waals surface area contributed by atoms with Gasteiger partial charge in [-0.05, 0) is 25.7 Å². The van der Waals surface area contributed by atoms with Gasteiger partial charge < -0.3 is 19.2 Å². The SMILES string of the molecule is CCCCCCCCCCC[N+](C)(C)CCCCCCC.O=P(O)(O)O. The maximum Gasteiger partial charge on any atom is 0.466 e. The lowest BCUT2D eigenvalue weighted by molar-refractivity contribution is -0.890. The number of hydrogen-bond donors (Lipinski definition) is 3. The Morgan fingerprint density at radius 3 is 1.08 bits per heavy atom. The van der Waals surface area contributed by atoms with Crippen LogP contribution in [0.1, 0.15) is 104 Å². The van der Waals surface area contributed by atoms with E-state index in [0.717, 1.165) is 0 Å². The predicted molar refractivity (Wildman–Crippen MR) is 112 cm³/mol. The van der Waals surface area contributed by atoms with Gasteiger partial charge in [0.1, 0.15) is 0 Å². The van der Waals surface area contributed by atoms with Crippen molar-refractivity contribution in [1.29, 1.82) is 0 Å². The van der Waals surface area contributed by atoms with E-state index in [2.05, 4.69) is 27.9 Å². The highest BCUT2D eigenvalue weighted by molar-refractivity contribution is 7.45. The Balaban J connectivity index is 0. The van der Waals surface area contributed by atoms with Gasteiger partial charge in [0, 0.05) is 0 Å². The van der Waals surface area contributed by atoms with E-state index in [1.54, 1.807) is 0 Å². The smallest absolute Gasteiger partial charge is 0.328 e. The molecule has 0 aromatic heterocycles. The molecule has 0 heterocycles. The highest BCUT2D eigenvalue weighted by atomic mass is 31.2. The second-order valence-electron chi connectivity index (χ2n) is 8.14. The number of phosphoric acid groups is 1. The molecule has 0 bridgehead atoms. The summed E-state index contributed by atoms with van der Waals surface area (Å²) < 4.78 is 10.1. The Morgan fingerprint density at radius 1 is 0.577 bits per heavy atom. The second-order valence-corrected chi connectivity index (χ2v) is 9.17. The fourth-order valence-electron chi connectivity index (χ4n) is 3.11. The van der Waals surface area contributed by atoms with Gasteiger partial charge >= 0.3 is 7.82 Å². The topological polar surface area (TPSA) is 77.8 Å². The van der Waals surface area contributed by atoms with Crippen LogP contribution >= 0.6 is 7.82 Å². The third-order valence-electron chi connectivity index (χ3n) is 4.73. The van der Waals surface area contributed by atoms with Crippen molar-refractivity contribution in [2.45, 2.75) is 104 Å². The molecule has 0 aromatic carbocycles. The molecule has 0 unspecified atom stereocenters. The van der Waals surface area contributed by atoms with E-state index in [1.165, 1.54) is 107 Å². The zero-order valence-electron chi connectivity index (χ0n) is 18.0. The third-order valence-corrected chi connectivity index (χ3v) is 4.73. The van der Waals surface area contributed by atoms with E-state index in [0.29, 0.717) is 0 Å². The van der Waals surface area contributed by atoms with E-state index in [4.69, 9.17) is 19.2 Å². The highest BCUT2D eigenvalue weighted by Crippen LogP contribution is 2.25. The van der Waals surface area contributed by atoms with Crippen LogP contribution in [0.5, 0.6) is 0 Å². The van der Waals surface area contributed by atoms with Gasteiger partial charge in [-0.2, -0.15) is 0 Å². The summed E-state index contributed by atoms with van der Waals surface area (Å²) in [5, 5.41) is 0. The van der Waals surface area contributed by atoms with E-state index < -0.39 is 7.82 Å². The van der Waals surface area contributed by atoms with E-state index in [1.807, 2.05) is 0 Å². The van der Waals surface area contributed by atoms with Crippen molar-refractivity contribution in [2.24, 2.45) is 0 Å². The van der Waals surface area contributed by atoms with Crippen LogP contribution in [0.25, 0.3) is 0 Å². The molecule has 0 saturated heterocycles. The maximum absolute atomic E-state index is 8.88. The number of quaternary nitrogens is 1. The molecule has 0 aliphatic heterocycles. The Labute approximate surface area is 163 Å². The molecule has 0 spiro atoms. The zero-order valence-corrected chi connectivity index (χ0v) is 18.9. The minimum absolute atomic E-state index is 1.24. The van der Waals surface area contributed by atoms with Gasteiger partial charge in [-0.3, -0.25) is 0 Å². The highest BCUT2D eigenvalue weighted by Gasteiger charge is 2.13. The number of nitrogens with zero attached hydrogens (tertiary/aromatic N) is 1. The van der Waals surface area contributed by atoms with Gasteiger partial charge in [0.15, 0.2) is 0 Å². The van der Waals surface area contributed by atoms with Crippen LogP contribution in [0.3, 0.4) is 0 Å². The van der Waals surface area contributed by atoms with Crippen LogP contribution in [0, 0.1) is 0 Å². The summed E-state index contributed by atoms with van der Waals surface area (Å²) in [7, 11) is 0.204. The van der Waals surface area contributed by atoms with Crippen LogP contribution in [-0.4, -0.2) is 46.3 Å². The van der Waals surface area contributed by atoms with E-state index >= 15 is 0 Å². The van der Waals surface area contributed by atoms with Crippen molar-refractivity contribution in [3.63, 3.8) is 0 Å². The molecule has 0 amide bonds. The van der Waals surface area contributed by atoms with Crippen molar-refractivity contribution in [3.8, 4) is 0 Å². The normalized spacial score (nSPS) is 12.0. The number of hydrogen-bond acceptors (Lipinski definition) is 1. The molecule has 26 heavy (non-hydrogen) atoms. The number of unbranched alkanes of at least 4 members (excludes halogenated alkanes) is 12. The van der Waals surface area contributed by atoms with Gasteiger partial charge in [-0.25, -0.2) is 4.57 Å². The first-order valence-corrected chi connectivity index (χ1v) is 12.3. The number of rotatable bonds is 16. The van der Waals surface area contributed by atoms with Gasteiger partial charge in [0.25, 0.3) is 0 Å². The van der Waals surface area contributed by atoms with Crippen LogP contribution in [0.15, 0.2) is 0 Å². The molecule has 0 radical (unpaired) electrons. The Kier molecular flexibility index (Phi) is 20.1. The summed E-state index contributed by atoms with van der Waals surface area (Å²) in [5.41, 5.74) is 0. The molecular weight excluding hydrogens is 349 g/mol. The first-order valence-electron chi connectivity index (χ1n) is 10.7. The molecule has 6 heteroatoms. The lowest BCUT2D eigenvalue weighted by Crippen LogP contribution is -2.41. The summed E-state index contributed by atoms with van der Waals surface area (Å²) in [6.07, 6.45) is 20.1. The summed E-state index contributed by atoms with van der Waals surface area (Å²) in [6, 6.07) is 0. The van der Waals surface area contributed by atoms with Crippen LogP contribution in [0.4, 0.5) is 0 Å². The standard InChI is InChI=1S/C20H44N.H3O4P/c1-5-7-9-11-12-13-14-16-18-20-21(3,4)19-17-15-10-8-6-2;1-5(2,3)4/h5-20H2,1-4H3;(H3,1,2,3,4)/q+1;. The molecule has 5 nitrogen and oxygen atoms in total. The van der Waals surface area contributed by atoms with Crippen LogP contribution in [0.2, 0.25) is 0 Å². The quantitative estimate of drug-likeness (QED) is 0.179. The zero-order chi connectivity index (χ0) is 20.3. The van der Waals surface area contributed by atoms with E-state index in [9.17, 15) is 0 Å². The van der Waals surface area contributed by atoms with E-state index in [-0.39, 0.29) is 0 Å². The monoisotopic (exact) mass is 396 g/mol. The lowest BCUT2D eigenvalue weighted by Gasteiger charge is -2.30. The Morgan fingerprint density at radius 2 is 0.808 bits per heavy atom. The molecule has 0 rings (SSSR count). The second kappa shape index (κ2) is 18.4. The van der Waals surface area contributed by atoms with Gasteiger partial charge in [0.05, 0.1) is 27.2 Å². The van der Waals surface area contributed by atoms with Crippen molar-refractivity contribution in [3.05, 3.63) is 0 Å². The van der Waals surface area contributed by atoms with Gasteiger partial charge in [-0.1, -0.05) is 78.1 Å². The minimum Gasteiger partial charge on any atom is -0.328 e. The first-order chi connectivity index (χ1) is 12.1. The van der Waals surface area contributed by atoms with Gasteiger partial charge in [-0.15, -0.1) is 0 Å². The summed E-state index contributed by atoms with van der Waals surface area (Å²) >= 11 is 0. The minimum atomic E-state index is -4.64. The van der Waals surface area contributed by atoms with Gasteiger partial charge in [0.2, 0.25) is 0 Å². The predicted octanol–water partition coefficient (Wildman–Crippen LogP) is 5.64. The van der Waals surface area contributed by atoms with Crippen LogP contribution < -0.4 is 0 Å². The fourth-order valence-corrected chi connectivity index (χ4v) is 3.11. The average Bonchev–Trinajstić information content (AvgIpc) is 2.51. The van der Waals surface area contributed by atoms with Crippen molar-refractivity contribution < 1.29 is 23.7 Å². The van der Waals surface area contributed by atoms with Crippen LogP contribution in [-0.2, 0) is 4.57 Å². The average molecular weight is 397 g/mol. The fraction of sp³-hybridized carbons (Fsp3) is 1.00. The molecule has 160 valence electrons. The Bertz CT molecular complexity index is 324.